The zero-order chi connectivity index (χ0) is 14.9. The van der Waals surface area contributed by atoms with Crippen LogP contribution in [0.1, 0.15) is 25.7 Å². The number of benzene rings is 1. The molecule has 0 unspecified atom stereocenters. The van der Waals surface area contributed by atoms with Gasteiger partial charge in [-0.05, 0) is 50.4 Å². The third kappa shape index (κ3) is 6.91. The Morgan fingerprint density at radius 3 is 2.45 bits per heavy atom. The van der Waals surface area contributed by atoms with Crippen LogP contribution in [0.4, 0.5) is 5.69 Å². The SMILES string of the molecule is Cl.O=C(CCC1CCNCC1)NCC(=O)Nc1ccccc1. The molecule has 3 N–H and O–H groups in total. The third-order valence-electron chi connectivity index (χ3n) is 3.74. The van der Waals surface area contributed by atoms with Gasteiger partial charge in [0.05, 0.1) is 6.54 Å². The van der Waals surface area contributed by atoms with E-state index in [0.717, 1.165) is 38.0 Å². The minimum Gasteiger partial charge on any atom is -0.347 e. The summed E-state index contributed by atoms with van der Waals surface area (Å²) in [5.41, 5.74) is 0.742. The number of nitrogens with one attached hydrogen (secondary N) is 3. The monoisotopic (exact) mass is 325 g/mol. The Balaban J connectivity index is 0.00000242. The van der Waals surface area contributed by atoms with E-state index in [-0.39, 0.29) is 30.8 Å². The molecule has 1 aromatic rings. The lowest BCUT2D eigenvalue weighted by atomic mass is 9.93. The summed E-state index contributed by atoms with van der Waals surface area (Å²) >= 11 is 0. The molecule has 122 valence electrons. The van der Waals surface area contributed by atoms with Gasteiger partial charge in [-0.2, -0.15) is 0 Å². The maximum Gasteiger partial charge on any atom is 0.243 e. The lowest BCUT2D eigenvalue weighted by Gasteiger charge is -2.22. The van der Waals surface area contributed by atoms with Gasteiger partial charge in [-0.25, -0.2) is 0 Å². The van der Waals surface area contributed by atoms with Crippen LogP contribution >= 0.6 is 12.4 Å². The number of halogens is 1. The molecule has 0 aliphatic carbocycles. The molecule has 0 spiro atoms. The van der Waals surface area contributed by atoms with Crippen LogP contribution in [-0.4, -0.2) is 31.4 Å². The highest BCUT2D eigenvalue weighted by atomic mass is 35.5. The molecule has 1 saturated heterocycles. The summed E-state index contributed by atoms with van der Waals surface area (Å²) < 4.78 is 0. The van der Waals surface area contributed by atoms with Crippen LogP contribution in [0, 0.1) is 5.92 Å². The van der Waals surface area contributed by atoms with E-state index in [1.54, 1.807) is 0 Å². The Labute approximate surface area is 137 Å². The van der Waals surface area contributed by atoms with Crippen molar-refractivity contribution < 1.29 is 9.59 Å². The molecule has 0 atom stereocenters. The van der Waals surface area contributed by atoms with Crippen molar-refractivity contribution in [3.8, 4) is 0 Å². The molecular weight excluding hydrogens is 302 g/mol. The molecule has 2 rings (SSSR count). The average molecular weight is 326 g/mol. The van der Waals surface area contributed by atoms with Gasteiger partial charge < -0.3 is 16.0 Å². The molecule has 6 heteroatoms. The lowest BCUT2D eigenvalue weighted by molar-refractivity contribution is -0.124. The first kappa shape index (κ1) is 18.5. The Kier molecular flexibility index (Phi) is 8.55. The van der Waals surface area contributed by atoms with Gasteiger partial charge in [0.1, 0.15) is 0 Å². The molecule has 0 aromatic heterocycles. The van der Waals surface area contributed by atoms with Crippen LogP contribution < -0.4 is 16.0 Å². The molecule has 22 heavy (non-hydrogen) atoms. The van der Waals surface area contributed by atoms with Crippen LogP contribution in [0.15, 0.2) is 30.3 Å². The smallest absolute Gasteiger partial charge is 0.243 e. The van der Waals surface area contributed by atoms with Crippen molar-refractivity contribution in [1.29, 1.82) is 0 Å². The molecule has 2 amide bonds. The van der Waals surface area contributed by atoms with E-state index in [4.69, 9.17) is 0 Å². The number of anilines is 1. The molecule has 1 aliphatic heterocycles. The summed E-state index contributed by atoms with van der Waals surface area (Å²) in [6.45, 7) is 2.12. The van der Waals surface area contributed by atoms with E-state index in [1.807, 2.05) is 30.3 Å². The highest BCUT2D eigenvalue weighted by Crippen LogP contribution is 2.17. The van der Waals surface area contributed by atoms with Gasteiger partial charge in [-0.1, -0.05) is 18.2 Å². The van der Waals surface area contributed by atoms with E-state index >= 15 is 0 Å². The Morgan fingerprint density at radius 2 is 1.77 bits per heavy atom. The minimum atomic E-state index is -0.198. The van der Waals surface area contributed by atoms with Gasteiger partial charge in [0, 0.05) is 12.1 Å². The minimum absolute atomic E-state index is 0. The van der Waals surface area contributed by atoms with Crippen LogP contribution in [0.25, 0.3) is 0 Å². The summed E-state index contributed by atoms with van der Waals surface area (Å²) in [7, 11) is 0. The second-order valence-electron chi connectivity index (χ2n) is 5.42. The summed E-state index contributed by atoms with van der Waals surface area (Å²) in [5, 5.41) is 8.73. The van der Waals surface area contributed by atoms with Crippen LogP contribution in [0.3, 0.4) is 0 Å². The van der Waals surface area contributed by atoms with Crippen molar-refractivity contribution in [2.24, 2.45) is 5.92 Å². The zero-order valence-electron chi connectivity index (χ0n) is 12.6. The van der Waals surface area contributed by atoms with E-state index in [1.165, 1.54) is 0 Å². The first-order chi connectivity index (χ1) is 10.2. The van der Waals surface area contributed by atoms with Gasteiger partial charge in [0.15, 0.2) is 0 Å². The van der Waals surface area contributed by atoms with Gasteiger partial charge in [0.2, 0.25) is 11.8 Å². The number of carbonyl (C=O) groups is 2. The van der Waals surface area contributed by atoms with Gasteiger partial charge in [0.25, 0.3) is 0 Å². The number of amides is 2. The number of carbonyl (C=O) groups excluding carboxylic acids is 2. The molecule has 1 heterocycles. The fourth-order valence-electron chi connectivity index (χ4n) is 2.50. The number of hydrogen-bond acceptors (Lipinski definition) is 3. The second-order valence-corrected chi connectivity index (χ2v) is 5.42. The Bertz CT molecular complexity index is 462. The Morgan fingerprint density at radius 1 is 1.09 bits per heavy atom. The quantitative estimate of drug-likeness (QED) is 0.748. The van der Waals surface area contributed by atoms with E-state index in [2.05, 4.69) is 16.0 Å². The van der Waals surface area contributed by atoms with Crippen molar-refractivity contribution in [3.05, 3.63) is 30.3 Å². The van der Waals surface area contributed by atoms with E-state index in [0.29, 0.717) is 12.3 Å². The topological polar surface area (TPSA) is 70.2 Å². The standard InChI is InChI=1S/C16H23N3O2.ClH/c20-15(7-6-13-8-10-17-11-9-13)18-12-16(21)19-14-4-2-1-3-5-14;/h1-5,13,17H,6-12H2,(H,18,20)(H,19,21);1H. The maximum atomic E-state index is 11.7. The summed E-state index contributed by atoms with van der Waals surface area (Å²) in [6, 6.07) is 9.23. The van der Waals surface area contributed by atoms with Crippen LogP contribution in [-0.2, 0) is 9.59 Å². The lowest BCUT2D eigenvalue weighted by Crippen LogP contribution is -2.33. The number of hydrogen-bond donors (Lipinski definition) is 3. The average Bonchev–Trinajstić information content (AvgIpc) is 2.53. The van der Waals surface area contributed by atoms with Crippen molar-refractivity contribution >= 4 is 29.9 Å². The predicted octanol–water partition coefficient (Wildman–Crippen LogP) is 1.94. The Hall–Kier alpha value is -1.59. The first-order valence-corrected chi connectivity index (χ1v) is 7.56. The molecule has 0 bridgehead atoms. The molecule has 0 radical (unpaired) electrons. The van der Waals surface area contributed by atoms with Crippen molar-refractivity contribution in [2.45, 2.75) is 25.7 Å². The number of piperidine rings is 1. The van der Waals surface area contributed by atoms with Crippen molar-refractivity contribution in [2.75, 3.05) is 25.0 Å². The van der Waals surface area contributed by atoms with Crippen LogP contribution in [0.2, 0.25) is 0 Å². The number of rotatable bonds is 6. The van der Waals surface area contributed by atoms with Gasteiger partial charge in [-0.3, -0.25) is 9.59 Å². The molecular formula is C16H24ClN3O2. The summed E-state index contributed by atoms with van der Waals surface area (Å²) in [4.78, 5) is 23.4. The molecule has 5 nitrogen and oxygen atoms in total. The zero-order valence-corrected chi connectivity index (χ0v) is 13.5. The highest BCUT2D eigenvalue weighted by Gasteiger charge is 2.14. The fraction of sp³-hybridized carbons (Fsp3) is 0.500. The maximum absolute atomic E-state index is 11.7. The molecule has 1 fully saturated rings. The summed E-state index contributed by atoms with van der Waals surface area (Å²) in [5.74, 6) is 0.392. The second kappa shape index (κ2) is 10.2. The first-order valence-electron chi connectivity index (χ1n) is 7.56. The largest absolute Gasteiger partial charge is 0.347 e. The van der Waals surface area contributed by atoms with E-state index in [9.17, 15) is 9.59 Å². The van der Waals surface area contributed by atoms with Gasteiger partial charge >= 0.3 is 0 Å². The third-order valence-corrected chi connectivity index (χ3v) is 3.74. The van der Waals surface area contributed by atoms with Crippen molar-refractivity contribution in [3.63, 3.8) is 0 Å². The van der Waals surface area contributed by atoms with Crippen molar-refractivity contribution in [1.82, 2.24) is 10.6 Å². The fourth-order valence-corrected chi connectivity index (χ4v) is 2.50. The number of para-hydroxylation sites is 1. The van der Waals surface area contributed by atoms with Crippen LogP contribution in [0.5, 0.6) is 0 Å². The summed E-state index contributed by atoms with van der Waals surface area (Å²) in [6.07, 6.45) is 3.70. The highest BCUT2D eigenvalue weighted by molar-refractivity contribution is 5.94. The van der Waals surface area contributed by atoms with Gasteiger partial charge in [-0.15, -0.1) is 12.4 Å². The molecule has 1 aromatic carbocycles. The normalized spacial score (nSPS) is 14.7. The van der Waals surface area contributed by atoms with E-state index < -0.39 is 0 Å². The molecule has 1 aliphatic rings. The molecule has 0 saturated carbocycles. The predicted molar refractivity (Wildman–Crippen MR) is 90.2 cm³/mol.